The van der Waals surface area contributed by atoms with Crippen molar-refractivity contribution in [2.24, 2.45) is 0 Å². The standard InChI is InChI=1S/C13H20N4O.2ClH/c1-10-8-16-12(9-15-10)13(18)17(2)11-4-3-6-14-7-5-11;;/h8-9,11,14H,3-7H2,1-2H3;2*1H. The van der Waals surface area contributed by atoms with Crippen molar-refractivity contribution in [3.63, 3.8) is 0 Å². The van der Waals surface area contributed by atoms with Gasteiger partial charge in [0.2, 0.25) is 0 Å². The van der Waals surface area contributed by atoms with Crippen LogP contribution in [-0.4, -0.2) is 47.0 Å². The van der Waals surface area contributed by atoms with Gasteiger partial charge in [-0.05, 0) is 39.3 Å². The third-order valence-electron chi connectivity index (χ3n) is 3.41. The van der Waals surface area contributed by atoms with E-state index < -0.39 is 0 Å². The number of hydrogen-bond donors (Lipinski definition) is 1. The summed E-state index contributed by atoms with van der Waals surface area (Å²) in [4.78, 5) is 22.4. The van der Waals surface area contributed by atoms with Crippen LogP contribution in [0.5, 0.6) is 0 Å². The summed E-state index contributed by atoms with van der Waals surface area (Å²) < 4.78 is 0. The highest BCUT2D eigenvalue weighted by Crippen LogP contribution is 2.13. The Bertz CT molecular complexity index is 405. The number of hydrogen-bond acceptors (Lipinski definition) is 4. The molecule has 5 nitrogen and oxygen atoms in total. The molecule has 1 unspecified atom stereocenters. The van der Waals surface area contributed by atoms with Crippen molar-refractivity contribution in [2.75, 3.05) is 20.1 Å². The number of amides is 1. The molecule has 2 heterocycles. The molecule has 1 aromatic heterocycles. The lowest BCUT2D eigenvalue weighted by atomic mass is 10.1. The van der Waals surface area contributed by atoms with Gasteiger partial charge in [0, 0.05) is 19.3 Å². The maximum atomic E-state index is 12.3. The van der Waals surface area contributed by atoms with E-state index in [0.29, 0.717) is 11.7 Å². The summed E-state index contributed by atoms with van der Waals surface area (Å²) in [5.41, 5.74) is 1.26. The van der Waals surface area contributed by atoms with Gasteiger partial charge >= 0.3 is 0 Å². The second-order valence-electron chi connectivity index (χ2n) is 4.79. The topological polar surface area (TPSA) is 58.1 Å². The molecule has 0 radical (unpaired) electrons. The number of nitrogens with zero attached hydrogens (tertiary/aromatic N) is 3. The lowest BCUT2D eigenvalue weighted by Gasteiger charge is -2.26. The van der Waals surface area contributed by atoms with Crippen molar-refractivity contribution in [1.29, 1.82) is 0 Å². The molecule has 2 rings (SSSR count). The Kier molecular flexibility index (Phi) is 8.69. The predicted molar refractivity (Wildman–Crippen MR) is 83.9 cm³/mol. The van der Waals surface area contributed by atoms with Gasteiger partial charge in [0.1, 0.15) is 5.69 Å². The molecule has 1 N–H and O–H groups in total. The fourth-order valence-electron chi connectivity index (χ4n) is 2.24. The highest BCUT2D eigenvalue weighted by molar-refractivity contribution is 5.92. The zero-order valence-corrected chi connectivity index (χ0v) is 13.5. The van der Waals surface area contributed by atoms with Crippen molar-refractivity contribution in [1.82, 2.24) is 20.2 Å². The summed E-state index contributed by atoms with van der Waals surface area (Å²) in [5.74, 6) is -0.0330. The molecule has 0 saturated carbocycles. The highest BCUT2D eigenvalue weighted by atomic mass is 35.5. The summed E-state index contributed by atoms with van der Waals surface area (Å²) in [6.45, 7) is 3.88. The summed E-state index contributed by atoms with van der Waals surface area (Å²) in [6.07, 6.45) is 6.36. The minimum atomic E-state index is -0.0330. The molecular formula is C13H22Cl2N4O. The third kappa shape index (κ3) is 4.89. The summed E-state index contributed by atoms with van der Waals surface area (Å²) in [5, 5.41) is 3.35. The number of carbonyl (C=O) groups is 1. The molecule has 0 aromatic carbocycles. The van der Waals surface area contributed by atoms with E-state index in [4.69, 9.17) is 0 Å². The monoisotopic (exact) mass is 320 g/mol. The van der Waals surface area contributed by atoms with Gasteiger partial charge in [-0.25, -0.2) is 4.98 Å². The van der Waals surface area contributed by atoms with Crippen LogP contribution in [0.2, 0.25) is 0 Å². The molecule has 114 valence electrons. The maximum Gasteiger partial charge on any atom is 0.274 e. The van der Waals surface area contributed by atoms with Gasteiger partial charge in [-0.1, -0.05) is 0 Å². The normalized spacial score (nSPS) is 18.2. The molecule has 20 heavy (non-hydrogen) atoms. The molecule has 1 aliphatic rings. The van der Waals surface area contributed by atoms with E-state index in [1.807, 2.05) is 18.9 Å². The van der Waals surface area contributed by atoms with Crippen molar-refractivity contribution >= 4 is 30.7 Å². The number of carbonyl (C=O) groups excluding carboxylic acids is 1. The van der Waals surface area contributed by atoms with Crippen molar-refractivity contribution in [3.8, 4) is 0 Å². The first kappa shape index (κ1) is 19.1. The Balaban J connectivity index is 0.00000180. The lowest BCUT2D eigenvalue weighted by molar-refractivity contribution is 0.0714. The van der Waals surface area contributed by atoms with E-state index in [1.165, 1.54) is 0 Å². The Morgan fingerprint density at radius 3 is 2.65 bits per heavy atom. The van der Waals surface area contributed by atoms with E-state index in [9.17, 15) is 4.79 Å². The first-order chi connectivity index (χ1) is 8.68. The third-order valence-corrected chi connectivity index (χ3v) is 3.41. The SMILES string of the molecule is Cc1cnc(C(=O)N(C)C2CCCNCC2)cn1.Cl.Cl. The summed E-state index contributed by atoms with van der Waals surface area (Å²) in [7, 11) is 1.86. The Labute approximate surface area is 132 Å². The molecule has 1 atom stereocenters. The average molecular weight is 321 g/mol. The molecule has 1 aliphatic heterocycles. The number of rotatable bonds is 2. The molecule has 1 amide bonds. The van der Waals surface area contributed by atoms with Crippen LogP contribution in [-0.2, 0) is 0 Å². The van der Waals surface area contributed by atoms with Gasteiger partial charge < -0.3 is 10.2 Å². The van der Waals surface area contributed by atoms with E-state index in [1.54, 1.807) is 12.4 Å². The molecule has 1 fully saturated rings. The quantitative estimate of drug-likeness (QED) is 0.903. The van der Waals surface area contributed by atoms with Gasteiger partial charge in [0.25, 0.3) is 5.91 Å². The number of halogens is 2. The first-order valence-corrected chi connectivity index (χ1v) is 6.45. The number of aromatic nitrogens is 2. The Morgan fingerprint density at radius 1 is 1.25 bits per heavy atom. The van der Waals surface area contributed by atoms with Crippen molar-refractivity contribution in [2.45, 2.75) is 32.2 Å². The largest absolute Gasteiger partial charge is 0.337 e. The van der Waals surface area contributed by atoms with Crippen LogP contribution in [0.1, 0.15) is 35.4 Å². The summed E-state index contributed by atoms with van der Waals surface area (Å²) in [6, 6.07) is 0.301. The molecule has 0 bridgehead atoms. The second kappa shape index (κ2) is 9.10. The van der Waals surface area contributed by atoms with Gasteiger partial charge in [-0.2, -0.15) is 0 Å². The van der Waals surface area contributed by atoms with E-state index in [2.05, 4.69) is 15.3 Å². The van der Waals surface area contributed by atoms with Crippen LogP contribution >= 0.6 is 24.8 Å². The fraction of sp³-hybridized carbons (Fsp3) is 0.615. The molecule has 7 heteroatoms. The van der Waals surface area contributed by atoms with Gasteiger partial charge in [0.05, 0.1) is 11.9 Å². The van der Waals surface area contributed by atoms with Crippen LogP contribution < -0.4 is 5.32 Å². The molecule has 0 spiro atoms. The van der Waals surface area contributed by atoms with Gasteiger partial charge in [-0.3, -0.25) is 9.78 Å². The molecule has 0 aliphatic carbocycles. The summed E-state index contributed by atoms with van der Waals surface area (Å²) >= 11 is 0. The minimum Gasteiger partial charge on any atom is -0.337 e. The van der Waals surface area contributed by atoms with Crippen molar-refractivity contribution < 1.29 is 4.79 Å². The van der Waals surface area contributed by atoms with Crippen LogP contribution in [0.15, 0.2) is 12.4 Å². The molecular weight excluding hydrogens is 299 g/mol. The Morgan fingerprint density at radius 2 is 2.00 bits per heavy atom. The predicted octanol–water partition coefficient (Wildman–Crippen LogP) is 1.84. The highest BCUT2D eigenvalue weighted by Gasteiger charge is 2.22. The van der Waals surface area contributed by atoms with Crippen LogP contribution in [0.4, 0.5) is 0 Å². The first-order valence-electron chi connectivity index (χ1n) is 6.45. The zero-order valence-electron chi connectivity index (χ0n) is 11.8. The fourth-order valence-corrected chi connectivity index (χ4v) is 2.24. The molecule has 1 saturated heterocycles. The molecule has 1 aromatic rings. The lowest BCUT2D eigenvalue weighted by Crippen LogP contribution is -2.38. The van der Waals surface area contributed by atoms with Gasteiger partial charge in [0.15, 0.2) is 0 Å². The van der Waals surface area contributed by atoms with E-state index in [0.717, 1.165) is 38.0 Å². The van der Waals surface area contributed by atoms with E-state index in [-0.39, 0.29) is 30.7 Å². The smallest absolute Gasteiger partial charge is 0.274 e. The second-order valence-corrected chi connectivity index (χ2v) is 4.79. The number of nitrogens with one attached hydrogen (secondary N) is 1. The minimum absolute atomic E-state index is 0. The van der Waals surface area contributed by atoms with Crippen LogP contribution in [0.3, 0.4) is 0 Å². The van der Waals surface area contributed by atoms with Crippen molar-refractivity contribution in [3.05, 3.63) is 23.8 Å². The number of aryl methyl sites for hydroxylation is 1. The van der Waals surface area contributed by atoms with Crippen LogP contribution in [0.25, 0.3) is 0 Å². The average Bonchev–Trinajstić information content (AvgIpc) is 2.67. The van der Waals surface area contributed by atoms with E-state index >= 15 is 0 Å². The Hall–Kier alpha value is -0.910. The zero-order chi connectivity index (χ0) is 13.0. The van der Waals surface area contributed by atoms with Gasteiger partial charge in [-0.15, -0.1) is 24.8 Å². The van der Waals surface area contributed by atoms with Crippen LogP contribution in [0, 0.1) is 6.92 Å². The maximum absolute atomic E-state index is 12.3.